The number of aromatic nitrogens is 2. The molecule has 0 amide bonds. The summed E-state index contributed by atoms with van der Waals surface area (Å²) in [6.45, 7) is 4.35. The van der Waals surface area contributed by atoms with Gasteiger partial charge in [-0.25, -0.2) is 0 Å². The number of dihydropyridines is 1. The van der Waals surface area contributed by atoms with Gasteiger partial charge in [0, 0.05) is 20.1 Å². The van der Waals surface area contributed by atoms with Gasteiger partial charge in [-0.05, 0) is 24.0 Å². The summed E-state index contributed by atoms with van der Waals surface area (Å²) in [5, 5.41) is 24.5. The van der Waals surface area contributed by atoms with Crippen LogP contribution in [0, 0.1) is 5.92 Å². The molecule has 33 heavy (non-hydrogen) atoms. The number of rotatable bonds is 4. The molecule has 5 rings (SSSR count). The van der Waals surface area contributed by atoms with Crippen molar-refractivity contribution in [2.24, 2.45) is 5.92 Å². The molecule has 0 radical (unpaired) electrons. The molecule has 9 nitrogen and oxygen atoms in total. The number of fused-ring (bicyclic) bond motifs is 1. The molecule has 3 heterocycles. The predicted molar refractivity (Wildman–Crippen MR) is 127 cm³/mol. The first kappa shape index (κ1) is 21.9. The van der Waals surface area contributed by atoms with E-state index >= 15 is 0 Å². The first-order valence-electron chi connectivity index (χ1n) is 11.5. The van der Waals surface area contributed by atoms with Crippen LogP contribution in [0.5, 0.6) is 0 Å². The summed E-state index contributed by atoms with van der Waals surface area (Å²) in [7, 11) is 1.83. The number of hydrogen-bond acceptors (Lipinski definition) is 8. The van der Waals surface area contributed by atoms with Crippen molar-refractivity contribution in [2.45, 2.75) is 37.6 Å². The highest BCUT2D eigenvalue weighted by Gasteiger charge is 2.42. The van der Waals surface area contributed by atoms with Crippen molar-refractivity contribution in [3.63, 3.8) is 0 Å². The van der Waals surface area contributed by atoms with Crippen LogP contribution in [0.15, 0.2) is 46.8 Å². The van der Waals surface area contributed by atoms with Gasteiger partial charge in [-0.2, -0.15) is 4.98 Å². The van der Waals surface area contributed by atoms with Gasteiger partial charge in [0.05, 0.1) is 37.1 Å². The lowest BCUT2D eigenvalue weighted by Crippen LogP contribution is -2.44. The molecule has 2 fully saturated rings. The smallest absolute Gasteiger partial charge is 0.263 e. The minimum atomic E-state index is -0.919. The van der Waals surface area contributed by atoms with Crippen molar-refractivity contribution in [1.29, 1.82) is 0 Å². The van der Waals surface area contributed by atoms with Crippen LogP contribution in [0.3, 0.4) is 0 Å². The lowest BCUT2D eigenvalue weighted by molar-refractivity contribution is 0.0184. The number of nitrogens with one attached hydrogen (secondary N) is 2. The SMILES string of the molecule is C[C@H]1C[C@@H](N(C)c2nc(N3CCOCC3)[nH]c(=O)c2C2=CC=C3C=CC=CC3N2)C(O)[C@@H]1O. The monoisotopic (exact) mass is 453 g/mol. The van der Waals surface area contributed by atoms with Gasteiger partial charge in [-0.1, -0.05) is 37.3 Å². The van der Waals surface area contributed by atoms with Gasteiger partial charge < -0.3 is 30.1 Å². The number of nitrogens with zero attached hydrogens (tertiary/aromatic N) is 3. The van der Waals surface area contributed by atoms with E-state index in [4.69, 9.17) is 9.72 Å². The Hall–Kier alpha value is -2.88. The molecule has 2 unspecified atom stereocenters. The minimum Gasteiger partial charge on any atom is -0.390 e. The molecule has 0 spiro atoms. The quantitative estimate of drug-likeness (QED) is 0.522. The Morgan fingerprint density at radius 3 is 2.70 bits per heavy atom. The van der Waals surface area contributed by atoms with E-state index in [1.54, 1.807) is 0 Å². The molecule has 4 N–H and O–H groups in total. The average molecular weight is 454 g/mol. The van der Waals surface area contributed by atoms with Crippen molar-refractivity contribution in [1.82, 2.24) is 15.3 Å². The fourth-order valence-corrected chi connectivity index (χ4v) is 5.04. The average Bonchev–Trinajstić information content (AvgIpc) is 3.10. The second-order valence-corrected chi connectivity index (χ2v) is 9.17. The maximum absolute atomic E-state index is 13.5. The number of aliphatic hydroxyl groups is 2. The van der Waals surface area contributed by atoms with Gasteiger partial charge in [0.1, 0.15) is 17.5 Å². The molecule has 5 atom stereocenters. The van der Waals surface area contributed by atoms with Crippen LogP contribution in [0.4, 0.5) is 11.8 Å². The van der Waals surface area contributed by atoms with Crippen molar-refractivity contribution in [2.75, 3.05) is 43.2 Å². The van der Waals surface area contributed by atoms with Crippen LogP contribution in [-0.4, -0.2) is 77.8 Å². The van der Waals surface area contributed by atoms with Crippen molar-refractivity contribution < 1.29 is 14.9 Å². The Morgan fingerprint density at radius 2 is 1.97 bits per heavy atom. The van der Waals surface area contributed by atoms with E-state index < -0.39 is 12.2 Å². The van der Waals surface area contributed by atoms with Crippen LogP contribution in [0.25, 0.3) is 5.70 Å². The summed E-state index contributed by atoms with van der Waals surface area (Å²) in [6, 6.07) is -0.376. The molecule has 1 saturated carbocycles. The summed E-state index contributed by atoms with van der Waals surface area (Å²) in [5.74, 6) is 0.924. The predicted octanol–water partition coefficient (Wildman–Crippen LogP) is 0.538. The zero-order valence-corrected chi connectivity index (χ0v) is 18.9. The van der Waals surface area contributed by atoms with Crippen molar-refractivity contribution in [3.8, 4) is 0 Å². The van der Waals surface area contributed by atoms with E-state index in [-0.39, 0.29) is 23.6 Å². The third kappa shape index (κ3) is 4.01. The highest BCUT2D eigenvalue weighted by Crippen LogP contribution is 2.34. The van der Waals surface area contributed by atoms with Gasteiger partial charge in [0.15, 0.2) is 0 Å². The molecule has 9 heteroatoms. The maximum atomic E-state index is 13.5. The van der Waals surface area contributed by atoms with Crippen LogP contribution >= 0.6 is 0 Å². The first-order chi connectivity index (χ1) is 15.9. The van der Waals surface area contributed by atoms with Crippen LogP contribution in [0.1, 0.15) is 18.9 Å². The minimum absolute atomic E-state index is 0.0228. The summed E-state index contributed by atoms with van der Waals surface area (Å²) in [5.41, 5.74) is 1.97. The largest absolute Gasteiger partial charge is 0.390 e. The molecule has 4 aliphatic rings. The molecular weight excluding hydrogens is 422 g/mol. The number of allylic oxidation sites excluding steroid dienone is 4. The molecule has 0 bridgehead atoms. The van der Waals surface area contributed by atoms with E-state index in [0.29, 0.717) is 55.8 Å². The zero-order chi connectivity index (χ0) is 23.1. The Labute approximate surface area is 192 Å². The molecule has 2 aliphatic heterocycles. The van der Waals surface area contributed by atoms with Gasteiger partial charge in [0.25, 0.3) is 5.56 Å². The molecule has 176 valence electrons. The van der Waals surface area contributed by atoms with Crippen LogP contribution < -0.4 is 20.7 Å². The normalized spacial score (nSPS) is 31.0. The number of anilines is 2. The van der Waals surface area contributed by atoms with Gasteiger partial charge >= 0.3 is 0 Å². The Balaban J connectivity index is 1.58. The summed E-state index contributed by atoms with van der Waals surface area (Å²) >= 11 is 0. The fourth-order valence-electron chi connectivity index (χ4n) is 5.04. The number of morpholine rings is 1. The van der Waals surface area contributed by atoms with Gasteiger partial charge in [-0.3, -0.25) is 9.78 Å². The fraction of sp³-hybridized carbons (Fsp3) is 0.500. The highest BCUT2D eigenvalue weighted by atomic mass is 16.5. The Bertz CT molecular complexity index is 1080. The van der Waals surface area contributed by atoms with E-state index in [1.807, 2.05) is 60.2 Å². The lowest BCUT2D eigenvalue weighted by Gasteiger charge is -2.33. The van der Waals surface area contributed by atoms with Crippen LogP contribution in [-0.2, 0) is 4.74 Å². The molecule has 0 aromatic carbocycles. The maximum Gasteiger partial charge on any atom is 0.263 e. The Kier molecular flexibility index (Phi) is 5.86. The second kappa shape index (κ2) is 8.81. The molecular formula is C24H31N5O4. The van der Waals surface area contributed by atoms with E-state index in [2.05, 4.69) is 10.3 Å². The third-order valence-corrected chi connectivity index (χ3v) is 7.06. The molecule has 1 aromatic heterocycles. The summed E-state index contributed by atoms with van der Waals surface area (Å²) in [4.78, 5) is 25.2. The number of H-pyrrole nitrogens is 1. The van der Waals surface area contributed by atoms with Crippen molar-refractivity contribution in [3.05, 3.63) is 57.9 Å². The number of ether oxygens (including phenoxy) is 1. The Morgan fingerprint density at radius 1 is 1.18 bits per heavy atom. The van der Waals surface area contributed by atoms with Crippen LogP contribution in [0.2, 0.25) is 0 Å². The van der Waals surface area contributed by atoms with E-state index in [0.717, 1.165) is 5.57 Å². The van der Waals surface area contributed by atoms with E-state index in [9.17, 15) is 15.0 Å². The first-order valence-corrected chi connectivity index (χ1v) is 11.5. The van der Waals surface area contributed by atoms with Gasteiger partial charge in [0.2, 0.25) is 5.95 Å². The van der Waals surface area contributed by atoms with Crippen molar-refractivity contribution >= 4 is 17.5 Å². The number of hydrogen-bond donors (Lipinski definition) is 4. The standard InChI is InChI=1S/C24H31N5O4/c1-14-13-18(21(31)20(14)30)28(2)22-19(17-8-7-15-5-3-4-6-16(15)25-17)23(32)27-24(26-22)29-9-11-33-12-10-29/h3-8,14,16,18,20-21,25,30-31H,9-13H2,1-2H3,(H,26,27,32)/t14-,16?,18+,20+,21?/m0/s1. The summed E-state index contributed by atoms with van der Waals surface area (Å²) < 4.78 is 5.45. The van der Waals surface area contributed by atoms with E-state index in [1.165, 1.54) is 0 Å². The highest BCUT2D eigenvalue weighted by molar-refractivity contribution is 5.77. The lowest BCUT2D eigenvalue weighted by atomic mass is 9.96. The molecule has 2 aliphatic carbocycles. The molecule has 1 saturated heterocycles. The zero-order valence-electron chi connectivity index (χ0n) is 18.9. The molecule has 1 aromatic rings. The van der Waals surface area contributed by atoms with Gasteiger partial charge in [-0.15, -0.1) is 0 Å². The number of aliphatic hydroxyl groups excluding tert-OH is 2. The second-order valence-electron chi connectivity index (χ2n) is 9.17. The topological polar surface area (TPSA) is 114 Å². The third-order valence-electron chi connectivity index (χ3n) is 7.06. The number of likely N-dealkylation sites (N-methyl/N-ethyl adjacent to an activating group) is 1. The summed E-state index contributed by atoms with van der Waals surface area (Å²) in [6.07, 6.45) is 10.8. The number of aromatic amines is 1.